The Hall–Kier alpha value is -3.13. The van der Waals surface area contributed by atoms with E-state index in [9.17, 15) is 33.4 Å². The van der Waals surface area contributed by atoms with Crippen LogP contribution in [0.4, 0.5) is 18.9 Å². The number of anilines is 1. The fourth-order valence-corrected chi connectivity index (χ4v) is 3.86. The third-order valence-electron chi connectivity index (χ3n) is 5.57. The molecule has 2 aromatic rings. The van der Waals surface area contributed by atoms with Crippen LogP contribution in [0.5, 0.6) is 0 Å². The largest absolute Gasteiger partial charge is 0.418 e. The van der Waals surface area contributed by atoms with Crippen molar-refractivity contribution in [3.8, 4) is 6.07 Å². The van der Waals surface area contributed by atoms with Crippen molar-refractivity contribution in [2.45, 2.75) is 31.2 Å². The first-order valence-electron chi connectivity index (χ1n) is 10.4. The van der Waals surface area contributed by atoms with Gasteiger partial charge in [-0.3, -0.25) is 4.79 Å². The van der Waals surface area contributed by atoms with Crippen LogP contribution >= 0.6 is 0 Å². The van der Waals surface area contributed by atoms with Crippen LogP contribution in [0.15, 0.2) is 42.0 Å². The topological polar surface area (TPSA) is 117 Å². The van der Waals surface area contributed by atoms with E-state index in [2.05, 4.69) is 4.90 Å². The summed E-state index contributed by atoms with van der Waals surface area (Å²) in [6, 6.07) is 10.8. The van der Waals surface area contributed by atoms with Gasteiger partial charge in [-0.2, -0.15) is 18.4 Å². The van der Waals surface area contributed by atoms with Crippen LogP contribution in [0.3, 0.4) is 0 Å². The second-order valence-electron chi connectivity index (χ2n) is 7.79. The van der Waals surface area contributed by atoms with E-state index >= 15 is 0 Å². The van der Waals surface area contributed by atoms with Gasteiger partial charge in [0.2, 0.25) is 0 Å². The van der Waals surface area contributed by atoms with E-state index in [-0.39, 0.29) is 5.56 Å². The number of hydrogen-bond acceptors (Lipinski definition) is 6. The lowest BCUT2D eigenvalue weighted by atomic mass is 9.95. The lowest BCUT2D eigenvalue weighted by Crippen LogP contribution is -2.41. The van der Waals surface area contributed by atoms with Crippen molar-refractivity contribution in [3.05, 3.63) is 47.5 Å². The molecule has 0 spiro atoms. The third-order valence-corrected chi connectivity index (χ3v) is 5.57. The molecule has 1 amide bonds. The maximum Gasteiger partial charge on any atom is 0.418 e. The number of fused-ring (bicyclic) bond motifs is 1. The molecule has 1 heterocycles. The van der Waals surface area contributed by atoms with Gasteiger partial charge >= 0.3 is 6.18 Å². The van der Waals surface area contributed by atoms with E-state index in [1.54, 1.807) is 6.07 Å². The summed E-state index contributed by atoms with van der Waals surface area (Å²) in [6.45, 7) is 0.133. The van der Waals surface area contributed by atoms with Crippen molar-refractivity contribution in [3.63, 3.8) is 0 Å². The number of rotatable bonds is 7. The number of nitrogens with zero attached hydrogens (tertiary/aromatic N) is 2. The maximum absolute atomic E-state index is 14.1. The SMILES string of the molecule is N#C/C(C(=O)NCC(O)C(O)CO)=C(\c1ccc2cccc(N3CCCC3)c2c1)C(F)(F)F. The average molecular weight is 463 g/mol. The highest BCUT2D eigenvalue weighted by Crippen LogP contribution is 2.39. The number of carbonyl (C=O) groups is 1. The number of amides is 1. The van der Waals surface area contributed by atoms with E-state index in [0.29, 0.717) is 5.39 Å². The zero-order chi connectivity index (χ0) is 24.2. The van der Waals surface area contributed by atoms with Crippen molar-refractivity contribution in [1.82, 2.24) is 5.32 Å². The molecule has 2 unspecified atom stereocenters. The molecule has 1 aliphatic heterocycles. The van der Waals surface area contributed by atoms with Crippen LogP contribution < -0.4 is 10.2 Å². The minimum absolute atomic E-state index is 0.329. The van der Waals surface area contributed by atoms with Gasteiger partial charge in [-0.05, 0) is 35.9 Å². The molecular weight excluding hydrogens is 439 g/mol. The van der Waals surface area contributed by atoms with Gasteiger partial charge in [0.15, 0.2) is 0 Å². The predicted octanol–water partition coefficient (Wildman–Crippen LogP) is 2.11. The fraction of sp³-hybridized carbons (Fsp3) is 0.391. The van der Waals surface area contributed by atoms with Gasteiger partial charge in [0.05, 0.1) is 18.3 Å². The molecule has 0 bridgehead atoms. The van der Waals surface area contributed by atoms with Gasteiger partial charge in [0.25, 0.3) is 5.91 Å². The molecule has 2 aromatic carbocycles. The van der Waals surface area contributed by atoms with E-state index in [0.717, 1.165) is 37.0 Å². The molecule has 1 aliphatic rings. The van der Waals surface area contributed by atoms with Crippen molar-refractivity contribution < 1.29 is 33.3 Å². The Bertz CT molecular complexity index is 1090. The summed E-state index contributed by atoms with van der Waals surface area (Å²) in [5.41, 5.74) is -2.09. The van der Waals surface area contributed by atoms with Crippen LogP contribution in [-0.2, 0) is 4.79 Å². The second-order valence-corrected chi connectivity index (χ2v) is 7.79. The first-order valence-corrected chi connectivity index (χ1v) is 10.4. The zero-order valence-corrected chi connectivity index (χ0v) is 17.6. The summed E-state index contributed by atoms with van der Waals surface area (Å²) in [5, 5.41) is 40.6. The normalized spacial score (nSPS) is 16.8. The van der Waals surface area contributed by atoms with Crippen molar-refractivity contribution in [2.24, 2.45) is 0 Å². The summed E-state index contributed by atoms with van der Waals surface area (Å²) in [4.78, 5) is 14.5. The number of carbonyl (C=O) groups excluding carboxylic acids is 1. The van der Waals surface area contributed by atoms with E-state index in [1.165, 1.54) is 24.3 Å². The number of allylic oxidation sites excluding steroid dienone is 1. The van der Waals surface area contributed by atoms with Crippen LogP contribution in [0.2, 0.25) is 0 Å². The molecule has 0 aliphatic carbocycles. The number of aliphatic hydroxyl groups is 3. The maximum atomic E-state index is 14.1. The molecule has 7 nitrogen and oxygen atoms in total. The monoisotopic (exact) mass is 463 g/mol. The molecule has 1 fully saturated rings. The van der Waals surface area contributed by atoms with Crippen LogP contribution in [0, 0.1) is 11.3 Å². The molecule has 2 atom stereocenters. The zero-order valence-electron chi connectivity index (χ0n) is 17.6. The molecule has 10 heteroatoms. The molecule has 3 rings (SSSR count). The van der Waals surface area contributed by atoms with E-state index < -0.39 is 48.6 Å². The molecule has 4 N–H and O–H groups in total. The van der Waals surface area contributed by atoms with E-state index in [4.69, 9.17) is 5.11 Å². The standard InChI is InChI=1S/C23H24F3N3O4/c24-23(25,26)21(17(11-27)22(33)28-12-19(31)20(32)13-30)15-7-6-14-4-3-5-18(16(14)10-15)29-8-1-2-9-29/h3-7,10,19-20,30-32H,1-2,8-9,12-13H2,(H,28,33)/b21-17-. The summed E-state index contributed by atoms with van der Waals surface area (Å²) in [7, 11) is 0. The molecular formula is C23H24F3N3O4. The van der Waals surface area contributed by atoms with Crippen LogP contribution in [0.25, 0.3) is 16.3 Å². The molecule has 33 heavy (non-hydrogen) atoms. The quantitative estimate of drug-likeness (QED) is 0.369. The molecule has 0 aromatic heterocycles. The Morgan fingerprint density at radius 3 is 2.45 bits per heavy atom. The lowest BCUT2D eigenvalue weighted by Gasteiger charge is -2.21. The highest BCUT2D eigenvalue weighted by atomic mass is 19.4. The van der Waals surface area contributed by atoms with E-state index in [1.807, 2.05) is 17.4 Å². The smallest absolute Gasteiger partial charge is 0.394 e. The second kappa shape index (κ2) is 10.2. The highest BCUT2D eigenvalue weighted by molar-refractivity contribution is 6.07. The highest BCUT2D eigenvalue weighted by Gasteiger charge is 2.40. The minimum atomic E-state index is -5.01. The predicted molar refractivity (Wildman–Crippen MR) is 116 cm³/mol. The number of halogens is 3. The molecule has 1 saturated heterocycles. The fourth-order valence-electron chi connectivity index (χ4n) is 3.86. The van der Waals surface area contributed by atoms with Gasteiger partial charge in [-0.1, -0.05) is 24.3 Å². The third kappa shape index (κ3) is 5.45. The van der Waals surface area contributed by atoms with Gasteiger partial charge in [0, 0.05) is 30.7 Å². The Morgan fingerprint density at radius 2 is 1.85 bits per heavy atom. The summed E-state index contributed by atoms with van der Waals surface area (Å²) < 4.78 is 42.2. The van der Waals surface area contributed by atoms with Crippen molar-refractivity contribution in [1.29, 1.82) is 5.26 Å². The number of hydrogen-bond donors (Lipinski definition) is 4. The lowest BCUT2D eigenvalue weighted by molar-refractivity contribution is -0.118. The Labute approximate surface area is 188 Å². The Morgan fingerprint density at radius 1 is 1.15 bits per heavy atom. The number of benzene rings is 2. The average Bonchev–Trinajstić information content (AvgIpc) is 3.33. The Kier molecular flexibility index (Phi) is 7.58. The van der Waals surface area contributed by atoms with Crippen LogP contribution in [-0.4, -0.2) is 65.9 Å². The van der Waals surface area contributed by atoms with Gasteiger partial charge < -0.3 is 25.5 Å². The van der Waals surface area contributed by atoms with Crippen molar-refractivity contribution >= 4 is 27.9 Å². The molecule has 0 saturated carbocycles. The summed E-state index contributed by atoms with van der Waals surface area (Å²) in [6.07, 6.45) is -6.25. The first-order chi connectivity index (χ1) is 15.7. The number of nitrogens with one attached hydrogen (secondary N) is 1. The first kappa shape index (κ1) is 24.5. The summed E-state index contributed by atoms with van der Waals surface area (Å²) >= 11 is 0. The number of nitriles is 1. The van der Waals surface area contributed by atoms with Gasteiger partial charge in [-0.25, -0.2) is 0 Å². The van der Waals surface area contributed by atoms with Gasteiger partial charge in [0.1, 0.15) is 17.7 Å². The summed E-state index contributed by atoms with van der Waals surface area (Å²) in [5.74, 6) is -1.35. The number of alkyl halides is 3. The molecule has 176 valence electrons. The van der Waals surface area contributed by atoms with Gasteiger partial charge in [-0.15, -0.1) is 0 Å². The van der Waals surface area contributed by atoms with Crippen molar-refractivity contribution in [2.75, 3.05) is 31.1 Å². The van der Waals surface area contributed by atoms with Crippen LogP contribution in [0.1, 0.15) is 18.4 Å². The minimum Gasteiger partial charge on any atom is -0.394 e. The molecule has 0 radical (unpaired) electrons. The Balaban J connectivity index is 2.06. The number of aliphatic hydroxyl groups excluding tert-OH is 3.